The summed E-state index contributed by atoms with van der Waals surface area (Å²) in [6.45, 7) is 2.00. The van der Waals surface area contributed by atoms with E-state index in [0.717, 1.165) is 18.9 Å². The fourth-order valence-electron chi connectivity index (χ4n) is 1.95. The molecule has 0 amide bonds. The predicted octanol–water partition coefficient (Wildman–Crippen LogP) is 2.12. The van der Waals surface area contributed by atoms with Gasteiger partial charge >= 0.3 is 5.97 Å². The van der Waals surface area contributed by atoms with E-state index in [4.69, 9.17) is 16.7 Å². The highest BCUT2D eigenvalue weighted by Crippen LogP contribution is 2.35. The van der Waals surface area contributed by atoms with Crippen LogP contribution >= 0.6 is 11.6 Å². The van der Waals surface area contributed by atoms with Gasteiger partial charge in [-0.15, -0.1) is 0 Å². The van der Waals surface area contributed by atoms with Crippen LogP contribution < -0.4 is 4.72 Å². The van der Waals surface area contributed by atoms with Crippen molar-refractivity contribution in [3.63, 3.8) is 0 Å². The fourth-order valence-corrected chi connectivity index (χ4v) is 3.79. The normalized spacial score (nSPS) is 22.2. The predicted molar refractivity (Wildman–Crippen MR) is 70.9 cm³/mol. The monoisotopic (exact) mass is 303 g/mol. The molecule has 1 fully saturated rings. The number of aromatic carboxylic acids is 1. The minimum atomic E-state index is -3.77. The van der Waals surface area contributed by atoms with Crippen molar-refractivity contribution >= 4 is 27.6 Å². The summed E-state index contributed by atoms with van der Waals surface area (Å²) in [5, 5.41) is 8.90. The van der Waals surface area contributed by atoms with E-state index in [1.54, 1.807) is 0 Å². The van der Waals surface area contributed by atoms with Gasteiger partial charge in [-0.25, -0.2) is 17.9 Å². The second-order valence-corrected chi connectivity index (χ2v) is 6.67. The summed E-state index contributed by atoms with van der Waals surface area (Å²) in [6, 6.07) is 3.56. The average Bonchev–Trinajstić information content (AvgIpc) is 3.06. The Bertz CT molecular complexity index is 614. The molecular formula is C12H14ClNO4S. The van der Waals surface area contributed by atoms with Crippen LogP contribution in [0.2, 0.25) is 5.02 Å². The number of rotatable bonds is 5. The zero-order chi connectivity index (χ0) is 14.2. The molecule has 0 spiro atoms. The number of benzene rings is 1. The third kappa shape index (κ3) is 3.08. The number of carbonyl (C=O) groups is 1. The van der Waals surface area contributed by atoms with E-state index >= 15 is 0 Å². The smallest absolute Gasteiger partial charge is 0.335 e. The summed E-state index contributed by atoms with van der Waals surface area (Å²) in [7, 11) is -3.77. The summed E-state index contributed by atoms with van der Waals surface area (Å²) in [6.07, 6.45) is 1.72. The Morgan fingerprint density at radius 3 is 2.74 bits per heavy atom. The van der Waals surface area contributed by atoms with Crippen LogP contribution in [0.3, 0.4) is 0 Å². The van der Waals surface area contributed by atoms with Gasteiger partial charge in [-0.2, -0.15) is 0 Å². The molecule has 2 rings (SSSR count). The van der Waals surface area contributed by atoms with Crippen LogP contribution in [0.25, 0.3) is 0 Å². The zero-order valence-corrected chi connectivity index (χ0v) is 11.8. The lowest BCUT2D eigenvalue weighted by Gasteiger charge is -2.08. The number of carboxylic acid groups (broad SMARTS) is 1. The molecule has 1 aliphatic carbocycles. The van der Waals surface area contributed by atoms with Gasteiger partial charge in [-0.05, 0) is 30.5 Å². The average molecular weight is 304 g/mol. The summed E-state index contributed by atoms with van der Waals surface area (Å²) >= 11 is 5.85. The van der Waals surface area contributed by atoms with E-state index in [1.165, 1.54) is 12.1 Å². The third-order valence-corrected chi connectivity index (χ3v) is 5.19. The third-order valence-electron chi connectivity index (χ3n) is 3.22. The number of hydrogen-bond acceptors (Lipinski definition) is 3. The summed E-state index contributed by atoms with van der Waals surface area (Å²) in [4.78, 5) is 10.7. The fraction of sp³-hybridized carbons (Fsp3) is 0.417. The molecule has 0 bridgehead atoms. The number of nitrogens with one attached hydrogen (secondary N) is 1. The maximum Gasteiger partial charge on any atom is 0.335 e. The highest BCUT2D eigenvalue weighted by atomic mass is 35.5. The molecule has 19 heavy (non-hydrogen) atoms. The molecular weight excluding hydrogens is 290 g/mol. The van der Waals surface area contributed by atoms with Crippen LogP contribution in [-0.2, 0) is 10.0 Å². The Labute approximate surface area is 116 Å². The van der Waals surface area contributed by atoms with Crippen LogP contribution in [0.4, 0.5) is 0 Å². The van der Waals surface area contributed by atoms with Gasteiger partial charge in [0.05, 0.1) is 10.6 Å². The quantitative estimate of drug-likeness (QED) is 0.872. The minimum Gasteiger partial charge on any atom is -0.478 e. The second kappa shape index (κ2) is 5.11. The van der Waals surface area contributed by atoms with Crippen molar-refractivity contribution in [3.05, 3.63) is 28.8 Å². The van der Waals surface area contributed by atoms with Gasteiger partial charge < -0.3 is 5.11 Å². The molecule has 2 N–H and O–H groups in total. The first kappa shape index (κ1) is 14.3. The van der Waals surface area contributed by atoms with E-state index in [-0.39, 0.29) is 21.5 Å². The molecule has 0 radical (unpaired) electrons. The van der Waals surface area contributed by atoms with Gasteiger partial charge in [0.2, 0.25) is 10.0 Å². The molecule has 1 aromatic rings. The number of hydrogen-bond donors (Lipinski definition) is 2. The first-order valence-electron chi connectivity index (χ1n) is 5.90. The molecule has 1 saturated carbocycles. The van der Waals surface area contributed by atoms with Crippen LogP contribution in [-0.4, -0.2) is 25.5 Å². The lowest BCUT2D eigenvalue weighted by molar-refractivity contribution is 0.0696. The highest BCUT2D eigenvalue weighted by Gasteiger charge is 2.39. The maximum absolute atomic E-state index is 12.2. The molecule has 0 heterocycles. The van der Waals surface area contributed by atoms with Crippen molar-refractivity contribution in [1.82, 2.24) is 4.72 Å². The van der Waals surface area contributed by atoms with Crippen LogP contribution in [0.15, 0.2) is 23.1 Å². The van der Waals surface area contributed by atoms with E-state index in [2.05, 4.69) is 4.72 Å². The van der Waals surface area contributed by atoms with E-state index in [0.29, 0.717) is 5.92 Å². The van der Waals surface area contributed by atoms with Crippen molar-refractivity contribution in [1.29, 1.82) is 0 Å². The topological polar surface area (TPSA) is 83.5 Å². The maximum atomic E-state index is 12.2. The van der Waals surface area contributed by atoms with Crippen molar-refractivity contribution in [2.75, 3.05) is 0 Å². The molecule has 2 atom stereocenters. The van der Waals surface area contributed by atoms with Gasteiger partial charge in [-0.1, -0.05) is 24.9 Å². The van der Waals surface area contributed by atoms with E-state index in [1.807, 2.05) is 6.92 Å². The van der Waals surface area contributed by atoms with Crippen LogP contribution in [0.1, 0.15) is 30.1 Å². The number of halogens is 1. The lowest BCUT2D eigenvalue weighted by Crippen LogP contribution is -2.27. The zero-order valence-electron chi connectivity index (χ0n) is 10.3. The van der Waals surface area contributed by atoms with Crippen molar-refractivity contribution in [2.45, 2.75) is 30.7 Å². The Morgan fingerprint density at radius 1 is 1.53 bits per heavy atom. The molecule has 0 aliphatic heterocycles. The van der Waals surface area contributed by atoms with Gasteiger partial charge in [0.25, 0.3) is 0 Å². The molecule has 7 heteroatoms. The molecule has 104 valence electrons. The van der Waals surface area contributed by atoms with E-state index < -0.39 is 16.0 Å². The Hall–Kier alpha value is -1.11. The van der Waals surface area contributed by atoms with Gasteiger partial charge in [-0.3, -0.25) is 0 Å². The first-order chi connectivity index (χ1) is 8.85. The summed E-state index contributed by atoms with van der Waals surface area (Å²) in [5.74, 6) is -0.831. The molecule has 0 saturated heterocycles. The first-order valence-corrected chi connectivity index (χ1v) is 7.76. The Kier molecular flexibility index (Phi) is 3.85. The van der Waals surface area contributed by atoms with Gasteiger partial charge in [0.1, 0.15) is 4.90 Å². The summed E-state index contributed by atoms with van der Waals surface area (Å²) < 4.78 is 26.9. The van der Waals surface area contributed by atoms with Crippen molar-refractivity contribution < 1.29 is 18.3 Å². The highest BCUT2D eigenvalue weighted by molar-refractivity contribution is 7.89. The molecule has 0 aromatic heterocycles. The summed E-state index contributed by atoms with van der Waals surface area (Å²) in [5.41, 5.74) is -0.104. The Morgan fingerprint density at radius 2 is 2.21 bits per heavy atom. The second-order valence-electron chi connectivity index (χ2n) is 4.58. The van der Waals surface area contributed by atoms with Crippen LogP contribution in [0, 0.1) is 5.92 Å². The van der Waals surface area contributed by atoms with E-state index in [9.17, 15) is 13.2 Å². The van der Waals surface area contributed by atoms with Gasteiger partial charge in [0.15, 0.2) is 0 Å². The Balaban J connectivity index is 2.29. The molecule has 1 aliphatic rings. The number of carboxylic acids is 1. The van der Waals surface area contributed by atoms with Gasteiger partial charge in [0, 0.05) is 6.04 Å². The van der Waals surface area contributed by atoms with Crippen LogP contribution in [0.5, 0.6) is 0 Å². The molecule has 2 unspecified atom stereocenters. The van der Waals surface area contributed by atoms with Crippen molar-refractivity contribution in [3.8, 4) is 0 Å². The SMILES string of the molecule is CCC1CC1NS(=O)(=O)c1cc(C(=O)O)ccc1Cl. The lowest BCUT2D eigenvalue weighted by atomic mass is 10.2. The minimum absolute atomic E-state index is 0.0196. The largest absolute Gasteiger partial charge is 0.478 e. The van der Waals surface area contributed by atoms with Crippen molar-refractivity contribution in [2.24, 2.45) is 5.92 Å². The number of sulfonamides is 1. The standard InChI is InChI=1S/C12H14ClNO4S/c1-2-7-5-10(7)14-19(17,18)11-6-8(12(15)16)3-4-9(11)13/h3-4,6-7,10,14H,2,5H2,1H3,(H,15,16). The molecule has 1 aromatic carbocycles. The molecule has 5 nitrogen and oxygen atoms in total.